The maximum Gasteiger partial charge on any atom is 0.410 e. The number of rotatable bonds is 3. The van der Waals surface area contributed by atoms with Crippen molar-refractivity contribution in [1.82, 2.24) is 9.88 Å². The van der Waals surface area contributed by atoms with Crippen LogP contribution in [0, 0.1) is 0 Å². The maximum atomic E-state index is 12.6. The van der Waals surface area contributed by atoms with Crippen molar-refractivity contribution in [3.05, 3.63) is 69.3 Å². The number of nitrogens with two attached hydrogens (primary N) is 1. The summed E-state index contributed by atoms with van der Waals surface area (Å²) in [5.74, 6) is -0.478. The van der Waals surface area contributed by atoms with Gasteiger partial charge >= 0.3 is 6.09 Å². The second kappa shape index (κ2) is 7.31. The Morgan fingerprint density at radius 2 is 2.00 bits per heavy atom. The van der Waals surface area contributed by atoms with Gasteiger partial charge in [0.2, 0.25) is 5.91 Å². The molecule has 0 saturated heterocycles. The normalized spacial score (nSPS) is 16.1. The van der Waals surface area contributed by atoms with E-state index in [0.29, 0.717) is 18.7 Å². The lowest BCUT2D eigenvalue weighted by Crippen LogP contribution is -2.41. The number of hydrogen-bond acceptors (Lipinski definition) is 3. The van der Waals surface area contributed by atoms with Crippen molar-refractivity contribution in [1.29, 1.82) is 0 Å². The van der Waals surface area contributed by atoms with Crippen molar-refractivity contribution < 1.29 is 14.3 Å². The van der Waals surface area contributed by atoms with E-state index in [1.165, 1.54) is 5.56 Å². The Labute approximate surface area is 170 Å². The molecule has 0 fully saturated rings. The summed E-state index contributed by atoms with van der Waals surface area (Å²) in [6, 6.07) is 12.8. The van der Waals surface area contributed by atoms with Gasteiger partial charge in [0.25, 0.3) is 0 Å². The first-order chi connectivity index (χ1) is 13.5. The molecule has 3 N–H and O–H groups in total. The molecule has 1 unspecified atom stereocenters. The van der Waals surface area contributed by atoms with E-state index in [4.69, 9.17) is 10.5 Å². The highest BCUT2D eigenvalue weighted by Crippen LogP contribution is 2.39. The average molecular weight is 442 g/mol. The van der Waals surface area contributed by atoms with Crippen LogP contribution < -0.4 is 5.73 Å². The van der Waals surface area contributed by atoms with Crippen LogP contribution in [0.4, 0.5) is 4.79 Å². The van der Waals surface area contributed by atoms with Gasteiger partial charge in [0, 0.05) is 33.2 Å². The summed E-state index contributed by atoms with van der Waals surface area (Å²) in [6.07, 6.45) is 0.387. The van der Waals surface area contributed by atoms with Gasteiger partial charge in [0.15, 0.2) is 0 Å². The highest BCUT2D eigenvalue weighted by Gasteiger charge is 2.35. The topological polar surface area (TPSA) is 88.4 Å². The molecule has 0 bridgehead atoms. The molecule has 144 valence electrons. The molecule has 2 amide bonds. The van der Waals surface area contributed by atoms with Gasteiger partial charge in [-0.2, -0.15) is 0 Å². The number of H-pyrrole nitrogens is 1. The molecular formula is C21H20BrN3O3. The fourth-order valence-electron chi connectivity index (χ4n) is 3.84. The second-order valence-electron chi connectivity index (χ2n) is 6.74. The van der Waals surface area contributed by atoms with E-state index in [9.17, 15) is 9.59 Å². The summed E-state index contributed by atoms with van der Waals surface area (Å²) in [4.78, 5) is 29.3. The van der Waals surface area contributed by atoms with Crippen molar-refractivity contribution in [2.24, 2.45) is 5.73 Å². The number of nitrogens with one attached hydrogen (secondary N) is 1. The lowest BCUT2D eigenvalue weighted by Gasteiger charge is -2.35. The quantitative estimate of drug-likeness (QED) is 0.639. The molecule has 1 atom stereocenters. The van der Waals surface area contributed by atoms with Crippen LogP contribution in [0.25, 0.3) is 10.9 Å². The van der Waals surface area contributed by atoms with E-state index in [1.54, 1.807) is 24.0 Å². The third kappa shape index (κ3) is 3.16. The minimum Gasteiger partial charge on any atom is -0.450 e. The highest BCUT2D eigenvalue weighted by molar-refractivity contribution is 9.10. The van der Waals surface area contributed by atoms with Crippen LogP contribution in [0.5, 0.6) is 0 Å². The van der Waals surface area contributed by atoms with Gasteiger partial charge in [-0.05, 0) is 54.8 Å². The molecular weight excluding hydrogens is 422 g/mol. The van der Waals surface area contributed by atoms with Crippen molar-refractivity contribution in [3.63, 3.8) is 0 Å². The fraction of sp³-hybridized carbons (Fsp3) is 0.238. The Morgan fingerprint density at radius 1 is 1.25 bits per heavy atom. The summed E-state index contributed by atoms with van der Waals surface area (Å²) < 4.78 is 6.31. The molecule has 3 aromatic rings. The number of hydrogen-bond donors (Lipinski definition) is 2. The number of aromatic amines is 1. The number of carbonyl (C=O) groups excluding carboxylic acids is 2. The number of halogens is 1. The predicted molar refractivity (Wildman–Crippen MR) is 110 cm³/mol. The number of carbonyl (C=O) groups is 2. The molecule has 0 saturated carbocycles. The Kier molecular flexibility index (Phi) is 4.85. The molecule has 4 rings (SSSR count). The molecule has 1 aliphatic rings. The maximum absolute atomic E-state index is 12.6. The minimum absolute atomic E-state index is 0.315. The van der Waals surface area contributed by atoms with Gasteiger partial charge in [0.1, 0.15) is 6.04 Å². The molecule has 0 spiro atoms. The van der Waals surface area contributed by atoms with Gasteiger partial charge in [0.05, 0.1) is 6.61 Å². The molecule has 0 aliphatic carbocycles. The zero-order chi connectivity index (χ0) is 19.8. The highest BCUT2D eigenvalue weighted by atomic mass is 79.9. The van der Waals surface area contributed by atoms with Crippen molar-refractivity contribution >= 4 is 38.8 Å². The molecule has 6 nitrogen and oxygen atoms in total. The Hall–Kier alpha value is -2.80. The Bertz CT molecular complexity index is 1060. The number of ether oxygens (including phenoxy) is 1. The van der Waals surface area contributed by atoms with Crippen LogP contribution in [-0.2, 0) is 11.2 Å². The van der Waals surface area contributed by atoms with Crippen LogP contribution in [0.1, 0.15) is 40.1 Å². The second-order valence-corrected chi connectivity index (χ2v) is 7.65. The Morgan fingerprint density at radius 3 is 2.68 bits per heavy atom. The van der Waals surface area contributed by atoms with Crippen molar-refractivity contribution in [3.8, 4) is 0 Å². The summed E-state index contributed by atoms with van der Waals surface area (Å²) in [6.45, 7) is 2.66. The summed E-state index contributed by atoms with van der Waals surface area (Å²) in [7, 11) is 0. The van der Waals surface area contributed by atoms with Gasteiger partial charge < -0.3 is 15.5 Å². The van der Waals surface area contributed by atoms with E-state index in [2.05, 4.69) is 27.0 Å². The molecule has 2 heterocycles. The third-order valence-corrected chi connectivity index (χ3v) is 5.60. The van der Waals surface area contributed by atoms with Crippen LogP contribution in [0.15, 0.2) is 46.9 Å². The summed E-state index contributed by atoms with van der Waals surface area (Å²) in [5, 5.41) is 1.15. The average Bonchev–Trinajstić information content (AvgIpc) is 3.05. The molecule has 1 aliphatic heterocycles. The SMILES string of the molecule is CCOC(=O)N1CCc2c([nH]c3ccc(Br)cc23)C1c1ccc(C(N)=O)cc1. The summed E-state index contributed by atoms with van der Waals surface area (Å²) in [5.41, 5.74) is 9.88. The van der Waals surface area contributed by atoms with Gasteiger partial charge in [-0.25, -0.2) is 4.79 Å². The number of nitrogens with zero attached hydrogens (tertiary/aromatic N) is 1. The largest absolute Gasteiger partial charge is 0.450 e. The zero-order valence-corrected chi connectivity index (χ0v) is 17.0. The fourth-order valence-corrected chi connectivity index (χ4v) is 4.20. The predicted octanol–water partition coefficient (Wildman–Crippen LogP) is 4.13. The van der Waals surface area contributed by atoms with E-state index < -0.39 is 5.91 Å². The standard InChI is InChI=1S/C21H20BrN3O3/c1-2-28-21(27)25-10-9-15-16-11-14(22)7-8-17(16)24-18(15)19(25)12-3-5-13(6-4-12)20(23)26/h3-8,11,19,24H,2,9-10H2,1H3,(H2,23,26). The number of aromatic nitrogens is 1. The summed E-state index contributed by atoms with van der Waals surface area (Å²) >= 11 is 3.54. The molecule has 7 heteroatoms. The minimum atomic E-state index is -0.478. The van der Waals surface area contributed by atoms with E-state index in [1.807, 2.05) is 24.3 Å². The number of amides is 2. The zero-order valence-electron chi connectivity index (χ0n) is 15.4. The number of fused-ring (bicyclic) bond motifs is 3. The van der Waals surface area contributed by atoms with Crippen LogP contribution in [-0.4, -0.2) is 35.0 Å². The van der Waals surface area contributed by atoms with Crippen LogP contribution >= 0.6 is 15.9 Å². The molecule has 0 radical (unpaired) electrons. The number of primary amides is 1. The van der Waals surface area contributed by atoms with Crippen molar-refractivity contribution in [2.75, 3.05) is 13.2 Å². The van der Waals surface area contributed by atoms with Gasteiger partial charge in [-0.1, -0.05) is 28.1 Å². The lowest BCUT2D eigenvalue weighted by molar-refractivity contribution is 0.0930. The van der Waals surface area contributed by atoms with Crippen LogP contribution in [0.3, 0.4) is 0 Å². The van der Waals surface area contributed by atoms with Crippen LogP contribution in [0.2, 0.25) is 0 Å². The van der Waals surface area contributed by atoms with E-state index in [0.717, 1.165) is 33.1 Å². The van der Waals surface area contributed by atoms with E-state index >= 15 is 0 Å². The molecule has 2 aromatic carbocycles. The third-order valence-electron chi connectivity index (χ3n) is 5.10. The van der Waals surface area contributed by atoms with E-state index in [-0.39, 0.29) is 12.1 Å². The van der Waals surface area contributed by atoms with Gasteiger partial charge in [-0.15, -0.1) is 0 Å². The Balaban J connectivity index is 1.86. The van der Waals surface area contributed by atoms with Crippen molar-refractivity contribution in [2.45, 2.75) is 19.4 Å². The first-order valence-corrected chi connectivity index (χ1v) is 9.92. The first kappa shape index (κ1) is 18.6. The molecule has 28 heavy (non-hydrogen) atoms. The van der Waals surface area contributed by atoms with Gasteiger partial charge in [-0.3, -0.25) is 9.69 Å². The lowest BCUT2D eigenvalue weighted by atomic mass is 9.92. The smallest absolute Gasteiger partial charge is 0.410 e. The number of benzene rings is 2. The molecule has 1 aromatic heterocycles. The first-order valence-electron chi connectivity index (χ1n) is 9.12. The monoisotopic (exact) mass is 441 g/mol.